The third kappa shape index (κ3) is 9.09. The Morgan fingerprint density at radius 2 is 2.00 bits per heavy atom. The van der Waals surface area contributed by atoms with Crippen LogP contribution >= 0.6 is 19.4 Å². The summed E-state index contributed by atoms with van der Waals surface area (Å²) in [5.74, 6) is -0.357. The Balaban J connectivity index is 1.67. The lowest BCUT2D eigenvalue weighted by Crippen LogP contribution is -2.37. The number of rotatable bonds is 14. The predicted molar refractivity (Wildman–Crippen MR) is 114 cm³/mol. The van der Waals surface area contributed by atoms with E-state index >= 15 is 0 Å². The maximum atomic E-state index is 12.8. The summed E-state index contributed by atoms with van der Waals surface area (Å²) in [7, 11) is -1.69. The lowest BCUT2D eigenvalue weighted by atomic mass is 10.1. The summed E-state index contributed by atoms with van der Waals surface area (Å²) in [5.41, 5.74) is -0.224. The maximum Gasteiger partial charge on any atom is 0.330 e. The molecule has 2 rings (SSSR count). The van der Waals surface area contributed by atoms with Crippen molar-refractivity contribution in [2.45, 2.75) is 76.4 Å². The van der Waals surface area contributed by atoms with Gasteiger partial charge in [-0.3, -0.25) is 14.4 Å². The summed E-state index contributed by atoms with van der Waals surface area (Å²) in [6.07, 6.45) is 13.2. The Kier molecular flexibility index (Phi) is 11.2. The van der Waals surface area contributed by atoms with E-state index in [2.05, 4.69) is 24.8 Å². The first-order valence-electron chi connectivity index (χ1n) is 10.3. The zero-order valence-corrected chi connectivity index (χ0v) is 19.3. The number of carbonyl (C=O) groups excluding carboxylic acids is 1. The zero-order chi connectivity index (χ0) is 21.1. The van der Waals surface area contributed by atoms with E-state index in [9.17, 15) is 9.36 Å². The molecule has 0 aromatic rings. The van der Waals surface area contributed by atoms with Crippen molar-refractivity contribution in [1.82, 2.24) is 0 Å². The highest BCUT2D eigenvalue weighted by Crippen LogP contribution is 2.49. The number of carbonyl (C=O) groups is 1. The van der Waals surface area contributed by atoms with Crippen molar-refractivity contribution >= 4 is 30.4 Å². The average Bonchev–Trinajstić information content (AvgIpc) is 3.12. The van der Waals surface area contributed by atoms with Crippen LogP contribution in [0.1, 0.15) is 58.8 Å². The minimum Gasteiger partial charge on any atom is -0.463 e. The minimum atomic E-state index is -3.12. The van der Waals surface area contributed by atoms with Crippen molar-refractivity contribution < 1.29 is 27.9 Å². The van der Waals surface area contributed by atoms with Crippen molar-refractivity contribution in [2.75, 3.05) is 26.5 Å². The van der Waals surface area contributed by atoms with E-state index in [4.69, 9.17) is 18.5 Å². The molecule has 0 aromatic carbocycles. The second-order valence-electron chi connectivity index (χ2n) is 7.04. The molecule has 2 aliphatic rings. The largest absolute Gasteiger partial charge is 0.463 e. The molecular formula is C20H32NO6PS. The first kappa shape index (κ1) is 24.9. The van der Waals surface area contributed by atoms with E-state index in [1.807, 2.05) is 0 Å². The normalized spacial score (nSPS) is 25.9. The maximum absolute atomic E-state index is 12.8. The third-order valence-corrected chi connectivity index (χ3v) is 7.67. The van der Waals surface area contributed by atoms with Crippen LogP contribution in [-0.2, 0) is 27.9 Å². The second-order valence-corrected chi connectivity index (χ2v) is 10.5. The number of esters is 1. The van der Waals surface area contributed by atoms with Crippen molar-refractivity contribution in [3.8, 4) is 0 Å². The minimum absolute atomic E-state index is 0.118. The molecular weight excluding hydrogens is 413 g/mol. The number of thioether (sulfide) groups is 1. The fourth-order valence-electron chi connectivity index (χ4n) is 2.95. The van der Waals surface area contributed by atoms with Gasteiger partial charge in [0.05, 0.1) is 23.9 Å². The predicted octanol–water partition coefficient (Wildman–Crippen LogP) is 4.56. The zero-order valence-electron chi connectivity index (χ0n) is 17.6. The van der Waals surface area contributed by atoms with E-state index in [1.165, 1.54) is 51.5 Å². The van der Waals surface area contributed by atoms with Crippen LogP contribution in [0.15, 0.2) is 4.99 Å². The highest BCUT2D eigenvalue weighted by Gasteiger charge is 2.38. The number of unbranched alkanes of at least 4 members (excludes halogenated alkanes) is 5. The summed E-state index contributed by atoms with van der Waals surface area (Å²) in [4.78, 5) is 15.5. The van der Waals surface area contributed by atoms with Gasteiger partial charge in [0.25, 0.3) is 0 Å². The standard InChI is InChI=1S/C20H32NO6PS/c1-4-5-6-7-8-9-13-26-28(23,24-3)14-12-19-21-18-11-10-17(15-25-16(2)22)27-20(18)29-19/h17-18,20H,4-9,12-15H2,1-3H3/t17-,18-,20-,28?/m1/s1. The van der Waals surface area contributed by atoms with Crippen LogP contribution < -0.4 is 0 Å². The van der Waals surface area contributed by atoms with E-state index < -0.39 is 13.7 Å². The van der Waals surface area contributed by atoms with Gasteiger partial charge in [-0.25, -0.2) is 0 Å². The van der Waals surface area contributed by atoms with Gasteiger partial charge in [-0.2, -0.15) is 0 Å². The van der Waals surface area contributed by atoms with Gasteiger partial charge >= 0.3 is 13.6 Å². The smallest absolute Gasteiger partial charge is 0.330 e. The molecule has 0 saturated carbocycles. The lowest BCUT2D eigenvalue weighted by molar-refractivity contribution is -0.145. The van der Waals surface area contributed by atoms with Crippen LogP contribution in [0.4, 0.5) is 0 Å². The Morgan fingerprint density at radius 1 is 1.24 bits per heavy atom. The number of nitrogens with zero attached hydrogens (tertiary/aromatic N) is 1. The molecule has 1 saturated heterocycles. The van der Waals surface area contributed by atoms with Gasteiger partial charge in [0.15, 0.2) is 0 Å². The van der Waals surface area contributed by atoms with Gasteiger partial charge in [-0.05, 0) is 6.42 Å². The van der Waals surface area contributed by atoms with E-state index in [0.717, 1.165) is 17.9 Å². The SMILES string of the molecule is CCCCCCCCOP(=O)(CCC1=N[C@@H]2[C][C][C@H](COC(C)=O)O[C@@H]2S1)OC. The summed E-state index contributed by atoms with van der Waals surface area (Å²) in [6, 6.07) is -0.241. The number of hydrogen-bond donors (Lipinski definition) is 0. The van der Waals surface area contributed by atoms with E-state index in [1.54, 1.807) is 0 Å². The number of ether oxygens (including phenoxy) is 2. The molecule has 2 heterocycles. The molecule has 1 unspecified atom stereocenters. The molecule has 0 bridgehead atoms. The molecule has 29 heavy (non-hydrogen) atoms. The van der Waals surface area contributed by atoms with Gasteiger partial charge in [0.1, 0.15) is 18.1 Å². The number of aliphatic imine (C=N–C) groups is 1. The average molecular weight is 446 g/mol. The Hall–Kier alpha value is -0.400. The lowest BCUT2D eigenvalue weighted by Gasteiger charge is -2.29. The monoisotopic (exact) mass is 445 g/mol. The first-order valence-corrected chi connectivity index (χ1v) is 12.9. The van der Waals surface area contributed by atoms with E-state index in [0.29, 0.717) is 13.0 Å². The topological polar surface area (TPSA) is 83.4 Å². The third-order valence-electron chi connectivity index (χ3n) is 4.59. The number of hydrogen-bond acceptors (Lipinski definition) is 8. The summed E-state index contributed by atoms with van der Waals surface area (Å²) in [5, 5.41) is 0.836. The molecule has 0 aromatic heterocycles. The Bertz CT molecular complexity index is 587. The highest BCUT2D eigenvalue weighted by atomic mass is 32.2. The van der Waals surface area contributed by atoms with Crippen molar-refractivity contribution in [3.63, 3.8) is 0 Å². The van der Waals surface area contributed by atoms with Crippen LogP contribution in [0.5, 0.6) is 0 Å². The second kappa shape index (κ2) is 13.1. The Morgan fingerprint density at radius 3 is 2.72 bits per heavy atom. The quantitative estimate of drug-likeness (QED) is 0.220. The summed E-state index contributed by atoms with van der Waals surface area (Å²) in [6.45, 7) is 4.12. The number of fused-ring (bicyclic) bond motifs is 1. The van der Waals surface area contributed by atoms with Crippen LogP contribution in [0, 0.1) is 12.8 Å². The molecule has 9 heteroatoms. The summed E-state index contributed by atoms with van der Waals surface area (Å²) >= 11 is 1.48. The van der Waals surface area contributed by atoms with Crippen molar-refractivity contribution in [3.05, 3.63) is 12.8 Å². The van der Waals surface area contributed by atoms with Gasteiger partial charge in [0.2, 0.25) is 0 Å². The molecule has 7 nitrogen and oxygen atoms in total. The van der Waals surface area contributed by atoms with Crippen LogP contribution in [-0.4, -0.2) is 55.1 Å². The van der Waals surface area contributed by atoms with Crippen LogP contribution in [0.2, 0.25) is 0 Å². The molecule has 0 N–H and O–H groups in total. The molecule has 4 atom stereocenters. The highest BCUT2D eigenvalue weighted by molar-refractivity contribution is 8.14. The van der Waals surface area contributed by atoms with Gasteiger partial charge in [-0.1, -0.05) is 50.8 Å². The molecule has 0 spiro atoms. The molecule has 0 aliphatic carbocycles. The molecule has 164 valence electrons. The van der Waals surface area contributed by atoms with Crippen molar-refractivity contribution in [2.24, 2.45) is 4.99 Å². The van der Waals surface area contributed by atoms with Gasteiger partial charge in [-0.15, -0.1) is 0 Å². The first-order chi connectivity index (χ1) is 14.0. The van der Waals surface area contributed by atoms with Gasteiger partial charge in [0, 0.05) is 33.3 Å². The summed E-state index contributed by atoms with van der Waals surface area (Å²) < 4.78 is 34.4. The molecule has 1 fully saturated rings. The van der Waals surface area contributed by atoms with Crippen LogP contribution in [0.3, 0.4) is 0 Å². The fourth-order valence-corrected chi connectivity index (χ4v) is 5.52. The fraction of sp³-hybridized carbons (Fsp3) is 0.800. The molecule has 4 radical (unpaired) electrons. The van der Waals surface area contributed by atoms with Crippen molar-refractivity contribution in [1.29, 1.82) is 0 Å². The van der Waals surface area contributed by atoms with Gasteiger partial charge < -0.3 is 18.5 Å². The van der Waals surface area contributed by atoms with E-state index in [-0.39, 0.29) is 30.2 Å². The Labute approximate surface area is 179 Å². The molecule has 0 amide bonds. The van der Waals surface area contributed by atoms with Crippen LogP contribution in [0.25, 0.3) is 0 Å². The molecule has 2 aliphatic heterocycles.